The molecule has 0 aliphatic carbocycles. The smallest absolute Gasteiger partial charge is 0.347 e. The molecule has 0 radical (unpaired) electrons. The highest BCUT2D eigenvalue weighted by Gasteiger charge is 2.16. The molecule has 0 saturated carbocycles. The van der Waals surface area contributed by atoms with Gasteiger partial charge < -0.3 is 10.0 Å². The number of aromatic nitrogens is 2. The molecule has 0 aromatic carbocycles. The van der Waals surface area contributed by atoms with Crippen LogP contribution >= 0.6 is 11.3 Å². The second kappa shape index (κ2) is 5.79. The normalized spacial score (nSPS) is 10.4. The first-order valence-corrected chi connectivity index (χ1v) is 6.71. The molecule has 0 unspecified atom stereocenters. The van der Waals surface area contributed by atoms with Crippen LogP contribution in [0.2, 0.25) is 0 Å². The van der Waals surface area contributed by atoms with Crippen LogP contribution in [0.4, 0.5) is 5.13 Å². The zero-order valence-corrected chi connectivity index (χ0v) is 11.6. The molecule has 2 heterocycles. The van der Waals surface area contributed by atoms with Crippen LogP contribution in [0.1, 0.15) is 21.1 Å². The minimum Gasteiger partial charge on any atom is -0.477 e. The van der Waals surface area contributed by atoms with Gasteiger partial charge in [0.1, 0.15) is 4.88 Å². The van der Waals surface area contributed by atoms with Gasteiger partial charge in [-0.25, -0.2) is 9.78 Å². The summed E-state index contributed by atoms with van der Waals surface area (Å²) in [6.45, 7) is 2.47. The van der Waals surface area contributed by atoms with E-state index >= 15 is 0 Å². The van der Waals surface area contributed by atoms with Crippen LogP contribution < -0.4 is 4.90 Å². The lowest BCUT2D eigenvalue weighted by Crippen LogP contribution is -2.20. The van der Waals surface area contributed by atoms with Crippen molar-refractivity contribution in [2.75, 3.05) is 18.5 Å². The van der Waals surface area contributed by atoms with Crippen LogP contribution in [0, 0.1) is 6.92 Å². The Labute approximate surface area is 115 Å². The highest BCUT2D eigenvalue weighted by molar-refractivity contribution is 7.17. The number of aromatic carboxylic acids is 1. The summed E-state index contributed by atoms with van der Waals surface area (Å²) in [5, 5.41) is 9.74. The van der Waals surface area contributed by atoms with E-state index < -0.39 is 5.97 Å². The lowest BCUT2D eigenvalue weighted by Gasteiger charge is -2.14. The number of carbonyl (C=O) groups is 1. The number of pyridine rings is 1. The van der Waals surface area contributed by atoms with Crippen LogP contribution in [-0.4, -0.2) is 34.6 Å². The van der Waals surface area contributed by atoms with E-state index in [1.54, 1.807) is 13.1 Å². The van der Waals surface area contributed by atoms with Crippen molar-refractivity contribution in [3.8, 4) is 0 Å². The zero-order chi connectivity index (χ0) is 13.8. The molecule has 0 atom stereocenters. The second-order valence-electron chi connectivity index (χ2n) is 4.21. The van der Waals surface area contributed by atoms with Crippen molar-refractivity contribution in [3.05, 3.63) is 40.7 Å². The van der Waals surface area contributed by atoms with Crippen molar-refractivity contribution in [1.29, 1.82) is 0 Å². The van der Waals surface area contributed by atoms with Gasteiger partial charge in [-0.1, -0.05) is 17.4 Å². The molecule has 0 bridgehead atoms. The molecule has 5 nitrogen and oxygen atoms in total. The third-order valence-corrected chi connectivity index (χ3v) is 4.00. The van der Waals surface area contributed by atoms with Gasteiger partial charge in [0, 0.05) is 31.9 Å². The van der Waals surface area contributed by atoms with E-state index in [0.717, 1.165) is 23.8 Å². The Morgan fingerprint density at radius 3 is 2.84 bits per heavy atom. The third-order valence-electron chi connectivity index (χ3n) is 2.74. The van der Waals surface area contributed by atoms with Crippen LogP contribution in [0.3, 0.4) is 0 Å². The largest absolute Gasteiger partial charge is 0.477 e. The number of hydrogen-bond donors (Lipinski definition) is 1. The average molecular weight is 277 g/mol. The SMILES string of the molecule is Cc1nc(N(C)CCc2ccccn2)sc1C(=O)O. The minimum atomic E-state index is -0.917. The molecule has 1 N–H and O–H groups in total. The summed E-state index contributed by atoms with van der Waals surface area (Å²) in [5.74, 6) is -0.917. The summed E-state index contributed by atoms with van der Waals surface area (Å²) >= 11 is 1.21. The monoisotopic (exact) mass is 277 g/mol. The van der Waals surface area contributed by atoms with Gasteiger partial charge in [-0.3, -0.25) is 4.98 Å². The van der Waals surface area contributed by atoms with E-state index in [0.29, 0.717) is 10.6 Å². The van der Waals surface area contributed by atoms with E-state index in [9.17, 15) is 4.79 Å². The van der Waals surface area contributed by atoms with Gasteiger partial charge >= 0.3 is 5.97 Å². The number of carboxylic acids is 1. The Morgan fingerprint density at radius 1 is 1.47 bits per heavy atom. The lowest BCUT2D eigenvalue weighted by molar-refractivity contribution is 0.0701. The van der Waals surface area contributed by atoms with Crippen molar-refractivity contribution in [3.63, 3.8) is 0 Å². The summed E-state index contributed by atoms with van der Waals surface area (Å²) in [7, 11) is 1.91. The molecule has 0 spiro atoms. The van der Waals surface area contributed by atoms with E-state index in [1.807, 2.05) is 30.1 Å². The van der Waals surface area contributed by atoms with Gasteiger partial charge in [0.25, 0.3) is 0 Å². The van der Waals surface area contributed by atoms with E-state index in [2.05, 4.69) is 9.97 Å². The Hall–Kier alpha value is -1.95. The number of anilines is 1. The van der Waals surface area contributed by atoms with Gasteiger partial charge in [-0.05, 0) is 19.1 Å². The summed E-state index contributed by atoms with van der Waals surface area (Å²) in [6.07, 6.45) is 2.57. The number of nitrogens with zero attached hydrogens (tertiary/aromatic N) is 3. The van der Waals surface area contributed by atoms with Crippen molar-refractivity contribution in [2.24, 2.45) is 0 Å². The molecule has 19 heavy (non-hydrogen) atoms. The van der Waals surface area contributed by atoms with Crippen LogP contribution in [0.25, 0.3) is 0 Å². The maximum Gasteiger partial charge on any atom is 0.347 e. The number of carboxylic acid groups (broad SMARTS) is 1. The molecule has 0 aliphatic rings. The van der Waals surface area contributed by atoms with Crippen molar-refractivity contribution in [1.82, 2.24) is 9.97 Å². The molecule has 0 amide bonds. The number of thiazole rings is 1. The topological polar surface area (TPSA) is 66.3 Å². The first-order valence-electron chi connectivity index (χ1n) is 5.89. The van der Waals surface area contributed by atoms with Crippen molar-refractivity contribution >= 4 is 22.4 Å². The fraction of sp³-hybridized carbons (Fsp3) is 0.308. The standard InChI is InChI=1S/C13H15N3O2S/c1-9-11(12(17)18)19-13(15-9)16(2)8-6-10-5-3-4-7-14-10/h3-5,7H,6,8H2,1-2H3,(H,17,18). The van der Waals surface area contributed by atoms with Crippen LogP contribution in [0.5, 0.6) is 0 Å². The number of aryl methyl sites for hydroxylation is 1. The van der Waals surface area contributed by atoms with Gasteiger partial charge in [0.2, 0.25) is 0 Å². The van der Waals surface area contributed by atoms with E-state index in [1.165, 1.54) is 11.3 Å². The lowest BCUT2D eigenvalue weighted by atomic mass is 10.2. The number of likely N-dealkylation sites (N-methyl/N-ethyl adjacent to an activating group) is 1. The first-order chi connectivity index (χ1) is 9.08. The maximum atomic E-state index is 11.0. The first kappa shape index (κ1) is 13.5. The Morgan fingerprint density at radius 2 is 2.26 bits per heavy atom. The summed E-state index contributed by atoms with van der Waals surface area (Å²) in [4.78, 5) is 21.8. The molecule has 6 heteroatoms. The number of hydrogen-bond acceptors (Lipinski definition) is 5. The second-order valence-corrected chi connectivity index (χ2v) is 5.19. The van der Waals surface area contributed by atoms with Gasteiger partial charge in [-0.15, -0.1) is 0 Å². The van der Waals surface area contributed by atoms with Crippen LogP contribution in [0.15, 0.2) is 24.4 Å². The molecule has 2 aromatic heterocycles. The molecule has 0 aliphatic heterocycles. The maximum absolute atomic E-state index is 11.0. The van der Waals surface area contributed by atoms with E-state index in [4.69, 9.17) is 5.11 Å². The summed E-state index contributed by atoms with van der Waals surface area (Å²) in [6, 6.07) is 5.82. The fourth-order valence-corrected chi connectivity index (χ4v) is 2.56. The minimum absolute atomic E-state index is 0.305. The predicted molar refractivity (Wildman–Crippen MR) is 75.0 cm³/mol. The average Bonchev–Trinajstić information content (AvgIpc) is 2.79. The molecule has 0 saturated heterocycles. The molecular formula is C13H15N3O2S. The predicted octanol–water partition coefficient (Wildman–Crippen LogP) is 2.22. The van der Waals surface area contributed by atoms with Crippen LogP contribution in [-0.2, 0) is 6.42 Å². The molecule has 0 fully saturated rings. The van der Waals surface area contributed by atoms with Gasteiger partial charge in [-0.2, -0.15) is 0 Å². The molecule has 2 aromatic rings. The van der Waals surface area contributed by atoms with Crippen molar-refractivity contribution < 1.29 is 9.90 Å². The Balaban J connectivity index is 2.02. The Kier molecular flexibility index (Phi) is 4.11. The highest BCUT2D eigenvalue weighted by atomic mass is 32.1. The van der Waals surface area contributed by atoms with E-state index in [-0.39, 0.29) is 0 Å². The number of rotatable bonds is 5. The third kappa shape index (κ3) is 3.29. The fourth-order valence-electron chi connectivity index (χ4n) is 1.67. The highest BCUT2D eigenvalue weighted by Crippen LogP contribution is 2.25. The summed E-state index contributed by atoms with van der Waals surface area (Å²) in [5.41, 5.74) is 1.58. The molecule has 2 rings (SSSR count). The Bertz CT molecular complexity index is 569. The van der Waals surface area contributed by atoms with Gasteiger partial charge in [0.05, 0.1) is 5.69 Å². The summed E-state index contributed by atoms with van der Waals surface area (Å²) < 4.78 is 0. The zero-order valence-electron chi connectivity index (χ0n) is 10.8. The molecular weight excluding hydrogens is 262 g/mol. The van der Waals surface area contributed by atoms with Gasteiger partial charge in [0.15, 0.2) is 5.13 Å². The van der Waals surface area contributed by atoms with Crippen molar-refractivity contribution in [2.45, 2.75) is 13.3 Å². The quantitative estimate of drug-likeness (QED) is 0.907. The molecule has 100 valence electrons.